The van der Waals surface area contributed by atoms with Crippen LogP contribution in [0.25, 0.3) is 0 Å². The van der Waals surface area contributed by atoms with E-state index in [9.17, 15) is 19.8 Å². The summed E-state index contributed by atoms with van der Waals surface area (Å²) >= 11 is 0. The van der Waals surface area contributed by atoms with Crippen LogP contribution in [-0.4, -0.2) is 45.7 Å². The molecule has 1 atom stereocenters. The minimum absolute atomic E-state index is 0.0141. The molecule has 2 N–H and O–H groups in total. The third-order valence-corrected chi connectivity index (χ3v) is 4.26. The second-order valence-electron chi connectivity index (χ2n) is 5.88. The third-order valence-electron chi connectivity index (χ3n) is 4.26. The molecule has 1 aliphatic heterocycles. The topological polar surface area (TPSA) is 77.8 Å². The number of hydrogen-bond donors (Lipinski definition) is 2. The molecule has 0 spiro atoms. The first kappa shape index (κ1) is 15.0. The Hall–Kier alpha value is -1.10. The van der Waals surface area contributed by atoms with E-state index in [1.54, 1.807) is 20.8 Å². The zero-order valence-electron chi connectivity index (χ0n) is 11.6. The number of nitrogens with zero attached hydrogens (tertiary/aromatic N) is 1. The maximum atomic E-state index is 12.0. The highest BCUT2D eigenvalue weighted by Crippen LogP contribution is 2.34. The summed E-state index contributed by atoms with van der Waals surface area (Å²) in [5.74, 6) is -1.26. The molecule has 104 valence electrons. The molecule has 1 amide bonds. The molecule has 0 radical (unpaired) electrons. The highest BCUT2D eigenvalue weighted by Gasteiger charge is 2.46. The van der Waals surface area contributed by atoms with Gasteiger partial charge in [0.25, 0.3) is 0 Å². The number of aliphatic carboxylic acids is 1. The van der Waals surface area contributed by atoms with Crippen molar-refractivity contribution in [3.05, 3.63) is 0 Å². The summed E-state index contributed by atoms with van der Waals surface area (Å²) in [6, 6.07) is 0. The van der Waals surface area contributed by atoms with Gasteiger partial charge in [-0.15, -0.1) is 0 Å². The van der Waals surface area contributed by atoms with Gasteiger partial charge in [0.15, 0.2) is 0 Å². The molecule has 1 heterocycles. The van der Waals surface area contributed by atoms with Gasteiger partial charge in [-0.2, -0.15) is 0 Å². The van der Waals surface area contributed by atoms with E-state index in [0.717, 1.165) is 0 Å². The number of amides is 1. The summed E-state index contributed by atoms with van der Waals surface area (Å²) in [6.07, 6.45) is 0.594. The summed E-state index contributed by atoms with van der Waals surface area (Å²) in [5, 5.41) is 19.1. The fourth-order valence-electron chi connectivity index (χ4n) is 2.02. The van der Waals surface area contributed by atoms with Crippen molar-refractivity contribution in [3.8, 4) is 0 Å². The summed E-state index contributed by atoms with van der Waals surface area (Å²) in [7, 11) is 0. The molecule has 1 saturated heterocycles. The normalized spacial score (nSPS) is 21.3. The van der Waals surface area contributed by atoms with Gasteiger partial charge < -0.3 is 15.1 Å². The number of hydrogen-bond acceptors (Lipinski definition) is 3. The van der Waals surface area contributed by atoms with Gasteiger partial charge in [0.1, 0.15) is 0 Å². The van der Waals surface area contributed by atoms with E-state index in [1.165, 1.54) is 4.90 Å². The Bertz CT molecular complexity index is 347. The van der Waals surface area contributed by atoms with Crippen LogP contribution in [0.15, 0.2) is 0 Å². The maximum absolute atomic E-state index is 12.0. The second kappa shape index (κ2) is 4.88. The van der Waals surface area contributed by atoms with Gasteiger partial charge in [0, 0.05) is 6.42 Å². The number of β-amino-alcohol motifs (C(OH)–C–C–N with tert-alkyl or cyclic N) is 1. The van der Waals surface area contributed by atoms with Gasteiger partial charge in [0.2, 0.25) is 5.91 Å². The Morgan fingerprint density at radius 2 is 1.89 bits per heavy atom. The minimum Gasteiger partial charge on any atom is -0.481 e. The van der Waals surface area contributed by atoms with Crippen LogP contribution in [0.2, 0.25) is 0 Å². The first-order valence-corrected chi connectivity index (χ1v) is 6.38. The molecule has 0 aromatic heterocycles. The molecule has 1 fully saturated rings. The monoisotopic (exact) mass is 257 g/mol. The fraction of sp³-hybridized carbons (Fsp3) is 0.846. The Kier molecular flexibility index (Phi) is 4.05. The van der Waals surface area contributed by atoms with E-state index in [4.69, 9.17) is 0 Å². The smallest absolute Gasteiger partial charge is 0.310 e. The lowest BCUT2D eigenvalue weighted by atomic mass is 9.75. The van der Waals surface area contributed by atoms with Crippen molar-refractivity contribution in [2.75, 3.05) is 13.1 Å². The summed E-state index contributed by atoms with van der Waals surface area (Å²) in [6.45, 7) is 7.72. The maximum Gasteiger partial charge on any atom is 0.310 e. The summed E-state index contributed by atoms with van der Waals surface area (Å²) < 4.78 is 0. The molecular formula is C13H23NO4. The Morgan fingerprint density at radius 1 is 1.39 bits per heavy atom. The highest BCUT2D eigenvalue weighted by atomic mass is 16.4. The van der Waals surface area contributed by atoms with Gasteiger partial charge >= 0.3 is 5.97 Å². The van der Waals surface area contributed by atoms with Gasteiger partial charge in [-0.25, -0.2) is 0 Å². The molecule has 0 aliphatic carbocycles. The zero-order valence-corrected chi connectivity index (χ0v) is 11.6. The first-order chi connectivity index (χ1) is 8.14. The molecule has 0 saturated carbocycles. The number of carboxylic acid groups (broad SMARTS) is 1. The molecule has 0 aromatic carbocycles. The van der Waals surface area contributed by atoms with Gasteiger partial charge in [-0.05, 0) is 19.3 Å². The van der Waals surface area contributed by atoms with Crippen molar-refractivity contribution in [3.63, 3.8) is 0 Å². The Balaban J connectivity index is 2.63. The van der Waals surface area contributed by atoms with Crippen molar-refractivity contribution in [2.45, 2.75) is 46.1 Å². The van der Waals surface area contributed by atoms with Crippen LogP contribution >= 0.6 is 0 Å². The molecule has 1 aliphatic rings. The average Bonchev–Trinajstić information content (AvgIpc) is 2.23. The van der Waals surface area contributed by atoms with Crippen molar-refractivity contribution in [2.24, 2.45) is 11.3 Å². The van der Waals surface area contributed by atoms with Gasteiger partial charge in [-0.3, -0.25) is 9.59 Å². The largest absolute Gasteiger partial charge is 0.481 e. The molecular weight excluding hydrogens is 234 g/mol. The van der Waals surface area contributed by atoms with E-state index in [2.05, 4.69) is 0 Å². The number of rotatable bonds is 5. The number of carbonyl (C=O) groups is 2. The number of likely N-dealkylation sites (tertiary alicyclic amines) is 1. The van der Waals surface area contributed by atoms with E-state index in [0.29, 0.717) is 19.5 Å². The first-order valence-electron chi connectivity index (χ1n) is 6.38. The van der Waals surface area contributed by atoms with Crippen LogP contribution in [0.5, 0.6) is 0 Å². The number of carbonyl (C=O) groups excluding carboxylic acids is 1. The standard InChI is InChI=1S/C13H23NO4/c1-5-13(18)7-14(8-13)10(15)6-12(4,9(2)3)11(16)17/h9,18H,5-8H2,1-4H3,(H,16,17). The quantitative estimate of drug-likeness (QED) is 0.773. The van der Waals surface area contributed by atoms with Crippen molar-refractivity contribution in [1.29, 1.82) is 0 Å². The average molecular weight is 257 g/mol. The highest BCUT2D eigenvalue weighted by molar-refractivity contribution is 5.85. The Labute approximate surface area is 108 Å². The van der Waals surface area contributed by atoms with Crippen molar-refractivity contribution < 1.29 is 19.8 Å². The number of aliphatic hydroxyl groups is 1. The Morgan fingerprint density at radius 3 is 2.22 bits per heavy atom. The van der Waals surface area contributed by atoms with E-state index < -0.39 is 17.0 Å². The lowest BCUT2D eigenvalue weighted by Gasteiger charge is -2.47. The molecule has 1 rings (SSSR count). The zero-order chi connectivity index (χ0) is 14.1. The van der Waals surface area contributed by atoms with Crippen LogP contribution in [0.4, 0.5) is 0 Å². The van der Waals surface area contributed by atoms with Crippen LogP contribution in [-0.2, 0) is 9.59 Å². The SMILES string of the molecule is CCC1(O)CN(C(=O)CC(C)(C(=O)O)C(C)C)C1. The second-order valence-corrected chi connectivity index (χ2v) is 5.88. The molecule has 0 bridgehead atoms. The minimum atomic E-state index is -1.04. The van der Waals surface area contributed by atoms with Crippen LogP contribution in [0, 0.1) is 11.3 Å². The van der Waals surface area contributed by atoms with E-state index >= 15 is 0 Å². The van der Waals surface area contributed by atoms with E-state index in [-0.39, 0.29) is 18.2 Å². The predicted octanol–water partition coefficient (Wildman–Crippen LogP) is 1.11. The third kappa shape index (κ3) is 2.66. The summed E-state index contributed by atoms with van der Waals surface area (Å²) in [5.41, 5.74) is -1.82. The lowest BCUT2D eigenvalue weighted by molar-refractivity contribution is -0.165. The molecule has 0 aromatic rings. The predicted molar refractivity (Wildman–Crippen MR) is 67.0 cm³/mol. The van der Waals surface area contributed by atoms with Gasteiger partial charge in [0.05, 0.1) is 24.1 Å². The van der Waals surface area contributed by atoms with Crippen molar-refractivity contribution >= 4 is 11.9 Å². The fourth-order valence-corrected chi connectivity index (χ4v) is 2.02. The molecule has 5 nitrogen and oxygen atoms in total. The van der Waals surface area contributed by atoms with Crippen molar-refractivity contribution in [1.82, 2.24) is 4.90 Å². The van der Waals surface area contributed by atoms with Crippen LogP contribution in [0.3, 0.4) is 0 Å². The molecule has 5 heteroatoms. The molecule has 1 unspecified atom stereocenters. The summed E-state index contributed by atoms with van der Waals surface area (Å²) in [4.78, 5) is 24.8. The van der Waals surface area contributed by atoms with Gasteiger partial charge in [-0.1, -0.05) is 20.8 Å². The molecule has 18 heavy (non-hydrogen) atoms. The van der Waals surface area contributed by atoms with E-state index in [1.807, 2.05) is 6.92 Å². The lowest BCUT2D eigenvalue weighted by Crippen LogP contribution is -2.63. The van der Waals surface area contributed by atoms with Crippen LogP contribution in [0.1, 0.15) is 40.5 Å². The van der Waals surface area contributed by atoms with Crippen LogP contribution < -0.4 is 0 Å². The number of carboxylic acids is 1.